The summed E-state index contributed by atoms with van der Waals surface area (Å²) in [6.07, 6.45) is 1.20. The minimum absolute atomic E-state index is 0.00367. The Balaban J connectivity index is 1.84. The Labute approximate surface area is 190 Å². The molecule has 0 aliphatic carbocycles. The van der Waals surface area contributed by atoms with Crippen molar-refractivity contribution in [2.45, 2.75) is 40.5 Å². The van der Waals surface area contributed by atoms with E-state index >= 15 is 0 Å². The van der Waals surface area contributed by atoms with E-state index in [1.54, 1.807) is 9.58 Å². The molecule has 1 N–H and O–H groups in total. The molecule has 0 bridgehead atoms. The summed E-state index contributed by atoms with van der Waals surface area (Å²) in [7, 11) is 0. The molecule has 3 aromatic rings. The van der Waals surface area contributed by atoms with Gasteiger partial charge >= 0.3 is 0 Å². The van der Waals surface area contributed by atoms with Crippen molar-refractivity contribution in [3.63, 3.8) is 0 Å². The molecule has 0 atom stereocenters. The molecule has 0 spiro atoms. The van der Waals surface area contributed by atoms with Crippen molar-refractivity contribution in [1.29, 1.82) is 0 Å². The van der Waals surface area contributed by atoms with Gasteiger partial charge in [0.25, 0.3) is 0 Å². The van der Waals surface area contributed by atoms with Gasteiger partial charge in [-0.15, -0.1) is 0 Å². The molecule has 1 aromatic heterocycles. The second kappa shape index (κ2) is 10.3. The predicted molar refractivity (Wildman–Crippen MR) is 129 cm³/mol. The monoisotopic (exact) mass is 432 g/mol. The molecular formula is C26H32N4O2. The number of carbonyl (C=O) groups excluding carboxylic acids is 2. The van der Waals surface area contributed by atoms with Crippen LogP contribution in [0, 0.1) is 5.41 Å². The highest BCUT2D eigenvalue weighted by atomic mass is 16.2. The SMILES string of the molecule is CCCN(CC(=O)Nc1cc(-c2ccccc2)nn1-c1ccccc1)C(=O)CC(C)(C)C. The molecule has 1 heterocycles. The Morgan fingerprint density at radius 2 is 1.62 bits per heavy atom. The van der Waals surface area contributed by atoms with Crippen LogP contribution in [0.3, 0.4) is 0 Å². The molecule has 0 aliphatic heterocycles. The number of hydrogen-bond donors (Lipinski definition) is 1. The third-order valence-corrected chi connectivity index (χ3v) is 4.91. The van der Waals surface area contributed by atoms with Crippen LogP contribution in [-0.2, 0) is 9.59 Å². The summed E-state index contributed by atoms with van der Waals surface area (Å²) in [4.78, 5) is 27.3. The van der Waals surface area contributed by atoms with Crippen LogP contribution < -0.4 is 5.32 Å². The molecule has 2 aromatic carbocycles. The quantitative estimate of drug-likeness (QED) is 0.535. The van der Waals surface area contributed by atoms with Crippen LogP contribution in [0.2, 0.25) is 0 Å². The van der Waals surface area contributed by atoms with Crippen LogP contribution in [0.25, 0.3) is 16.9 Å². The van der Waals surface area contributed by atoms with Crippen molar-refractivity contribution in [2.75, 3.05) is 18.4 Å². The first-order valence-electron chi connectivity index (χ1n) is 11.1. The van der Waals surface area contributed by atoms with Crippen LogP contribution in [0.4, 0.5) is 5.82 Å². The zero-order valence-corrected chi connectivity index (χ0v) is 19.3. The Morgan fingerprint density at radius 1 is 1.00 bits per heavy atom. The minimum atomic E-state index is -0.239. The van der Waals surface area contributed by atoms with Crippen LogP contribution in [0.5, 0.6) is 0 Å². The molecular weight excluding hydrogens is 400 g/mol. The zero-order valence-electron chi connectivity index (χ0n) is 19.3. The largest absolute Gasteiger partial charge is 0.333 e. The van der Waals surface area contributed by atoms with Crippen molar-refractivity contribution >= 4 is 17.6 Å². The number of amides is 2. The average Bonchev–Trinajstić information content (AvgIpc) is 3.17. The molecule has 0 aliphatic rings. The lowest BCUT2D eigenvalue weighted by molar-refractivity contribution is -0.136. The molecule has 32 heavy (non-hydrogen) atoms. The van der Waals surface area contributed by atoms with Gasteiger partial charge in [-0.1, -0.05) is 76.2 Å². The van der Waals surface area contributed by atoms with Gasteiger partial charge in [-0.25, -0.2) is 4.68 Å². The van der Waals surface area contributed by atoms with Crippen LogP contribution in [0.15, 0.2) is 66.7 Å². The number of aromatic nitrogens is 2. The molecule has 2 amide bonds. The second-order valence-electron chi connectivity index (χ2n) is 9.13. The Bertz CT molecular complexity index is 1040. The molecule has 0 radical (unpaired) electrons. The number of nitrogens with zero attached hydrogens (tertiary/aromatic N) is 3. The van der Waals surface area contributed by atoms with Gasteiger partial charge < -0.3 is 10.2 Å². The average molecular weight is 433 g/mol. The van der Waals surface area contributed by atoms with E-state index in [9.17, 15) is 9.59 Å². The van der Waals surface area contributed by atoms with E-state index in [1.165, 1.54) is 0 Å². The number of rotatable bonds is 8. The van der Waals surface area contributed by atoms with Crippen molar-refractivity contribution < 1.29 is 9.59 Å². The molecule has 0 unspecified atom stereocenters. The van der Waals surface area contributed by atoms with Gasteiger partial charge in [-0.2, -0.15) is 5.10 Å². The van der Waals surface area contributed by atoms with Gasteiger partial charge in [0.15, 0.2) is 0 Å². The molecule has 168 valence electrons. The van der Waals surface area contributed by atoms with E-state index in [4.69, 9.17) is 5.10 Å². The summed E-state index contributed by atoms with van der Waals surface area (Å²) in [6.45, 7) is 8.65. The Kier molecular flexibility index (Phi) is 7.46. The number of para-hydroxylation sites is 1. The highest BCUT2D eigenvalue weighted by Gasteiger charge is 2.23. The summed E-state index contributed by atoms with van der Waals surface area (Å²) in [5.74, 6) is 0.327. The van der Waals surface area contributed by atoms with Crippen LogP contribution >= 0.6 is 0 Å². The molecule has 0 saturated carbocycles. The lowest BCUT2D eigenvalue weighted by Crippen LogP contribution is -2.40. The van der Waals surface area contributed by atoms with E-state index in [0.717, 1.165) is 23.4 Å². The van der Waals surface area contributed by atoms with Crippen molar-refractivity contribution in [3.05, 3.63) is 66.7 Å². The maximum Gasteiger partial charge on any atom is 0.245 e. The van der Waals surface area contributed by atoms with E-state index in [2.05, 4.69) is 5.32 Å². The van der Waals surface area contributed by atoms with E-state index in [-0.39, 0.29) is 23.8 Å². The lowest BCUT2D eigenvalue weighted by atomic mass is 9.91. The Morgan fingerprint density at radius 3 is 2.22 bits per heavy atom. The number of benzene rings is 2. The van der Waals surface area contributed by atoms with Gasteiger partial charge in [0.2, 0.25) is 11.8 Å². The molecule has 0 saturated heterocycles. The molecule has 3 rings (SSSR count). The van der Waals surface area contributed by atoms with E-state index < -0.39 is 0 Å². The summed E-state index contributed by atoms with van der Waals surface area (Å²) in [5, 5.41) is 7.70. The zero-order chi connectivity index (χ0) is 23.1. The first-order chi connectivity index (χ1) is 15.3. The number of carbonyl (C=O) groups is 2. The second-order valence-corrected chi connectivity index (χ2v) is 9.13. The maximum absolute atomic E-state index is 13.0. The minimum Gasteiger partial charge on any atom is -0.333 e. The Hall–Kier alpha value is -3.41. The summed E-state index contributed by atoms with van der Waals surface area (Å²) in [5.41, 5.74) is 2.44. The standard InChI is InChI=1S/C26H32N4O2/c1-5-16-29(25(32)18-26(2,3)4)19-24(31)27-23-17-22(20-12-8-6-9-13-20)28-30(23)21-14-10-7-11-15-21/h6-15,17H,5,16,18-19H2,1-4H3,(H,27,31). The fraction of sp³-hybridized carbons (Fsp3) is 0.346. The molecule has 6 heteroatoms. The number of hydrogen-bond acceptors (Lipinski definition) is 3. The summed E-state index contributed by atoms with van der Waals surface area (Å²) in [6, 6.07) is 21.4. The first-order valence-corrected chi connectivity index (χ1v) is 11.1. The van der Waals surface area contributed by atoms with Crippen molar-refractivity contribution in [1.82, 2.24) is 14.7 Å². The molecule has 6 nitrogen and oxygen atoms in total. The normalized spacial score (nSPS) is 11.2. The van der Waals surface area contributed by atoms with Gasteiger partial charge in [0, 0.05) is 24.6 Å². The van der Waals surface area contributed by atoms with Crippen molar-refractivity contribution in [2.24, 2.45) is 5.41 Å². The van der Waals surface area contributed by atoms with Crippen LogP contribution in [-0.4, -0.2) is 39.6 Å². The number of nitrogens with one attached hydrogen (secondary N) is 1. The van der Waals surface area contributed by atoms with Gasteiger partial charge in [-0.05, 0) is 24.0 Å². The fourth-order valence-electron chi connectivity index (χ4n) is 3.47. The predicted octanol–water partition coefficient (Wildman–Crippen LogP) is 5.15. The highest BCUT2D eigenvalue weighted by molar-refractivity contribution is 5.94. The summed E-state index contributed by atoms with van der Waals surface area (Å²) < 4.78 is 1.72. The van der Waals surface area contributed by atoms with Gasteiger partial charge in [0.1, 0.15) is 5.82 Å². The van der Waals surface area contributed by atoms with E-state index in [0.29, 0.717) is 18.8 Å². The number of anilines is 1. The van der Waals surface area contributed by atoms with E-state index in [1.807, 2.05) is 94.4 Å². The third-order valence-electron chi connectivity index (χ3n) is 4.91. The molecule has 0 fully saturated rings. The smallest absolute Gasteiger partial charge is 0.245 e. The maximum atomic E-state index is 13.0. The first kappa shape index (κ1) is 23.3. The van der Waals surface area contributed by atoms with Crippen LogP contribution in [0.1, 0.15) is 40.5 Å². The van der Waals surface area contributed by atoms with Gasteiger partial charge in [-0.3, -0.25) is 9.59 Å². The summed E-state index contributed by atoms with van der Waals surface area (Å²) >= 11 is 0. The third kappa shape index (κ3) is 6.30. The lowest BCUT2D eigenvalue weighted by Gasteiger charge is -2.26. The van der Waals surface area contributed by atoms with Gasteiger partial charge in [0.05, 0.1) is 17.9 Å². The topological polar surface area (TPSA) is 67.2 Å². The van der Waals surface area contributed by atoms with Crippen molar-refractivity contribution in [3.8, 4) is 16.9 Å². The fourth-order valence-corrected chi connectivity index (χ4v) is 3.47. The highest BCUT2D eigenvalue weighted by Crippen LogP contribution is 2.25.